The highest BCUT2D eigenvalue weighted by Gasteiger charge is 2.13. The van der Waals surface area contributed by atoms with E-state index in [1.165, 1.54) is 0 Å². The molecule has 0 amide bonds. The second kappa shape index (κ2) is 5.74. The van der Waals surface area contributed by atoms with E-state index in [4.69, 9.17) is 10.00 Å². The summed E-state index contributed by atoms with van der Waals surface area (Å²) in [4.78, 5) is 0. The minimum Gasteiger partial charge on any atom is -0.497 e. The Morgan fingerprint density at radius 2 is 2.33 bits per heavy atom. The van der Waals surface area contributed by atoms with Crippen molar-refractivity contribution in [3.8, 4) is 11.8 Å². The number of rotatable bonds is 4. The van der Waals surface area contributed by atoms with Crippen LogP contribution in [0.4, 0.5) is 0 Å². The van der Waals surface area contributed by atoms with Crippen molar-refractivity contribution >= 4 is 15.9 Å². The first-order chi connectivity index (χ1) is 7.22. The predicted molar refractivity (Wildman–Crippen MR) is 62.7 cm³/mol. The molecule has 1 N–H and O–H groups in total. The van der Waals surface area contributed by atoms with Gasteiger partial charge in [-0.1, -0.05) is 22.9 Å². The third-order valence-electron chi connectivity index (χ3n) is 2.05. The van der Waals surface area contributed by atoms with Crippen LogP contribution in [0.3, 0.4) is 0 Å². The summed E-state index contributed by atoms with van der Waals surface area (Å²) in [5.41, 5.74) is 0.902. The summed E-state index contributed by atoms with van der Waals surface area (Å²) in [6.45, 7) is 2.72. The van der Waals surface area contributed by atoms with Crippen molar-refractivity contribution in [2.45, 2.75) is 13.0 Å². The summed E-state index contributed by atoms with van der Waals surface area (Å²) in [6, 6.07) is 7.51. The zero-order valence-corrected chi connectivity index (χ0v) is 10.3. The van der Waals surface area contributed by atoms with Crippen LogP contribution in [0, 0.1) is 11.3 Å². The Balaban J connectivity index is 3.05. The van der Waals surface area contributed by atoms with Crippen LogP contribution in [0.5, 0.6) is 5.75 Å². The first-order valence-corrected chi connectivity index (χ1v) is 5.48. The lowest BCUT2D eigenvalue weighted by molar-refractivity contribution is 0.413. The monoisotopic (exact) mass is 268 g/mol. The number of halogens is 1. The molecule has 0 bridgehead atoms. The van der Waals surface area contributed by atoms with Crippen LogP contribution >= 0.6 is 15.9 Å². The van der Waals surface area contributed by atoms with Crippen LogP contribution in [-0.4, -0.2) is 13.7 Å². The van der Waals surface area contributed by atoms with Crippen LogP contribution < -0.4 is 10.1 Å². The molecule has 0 aliphatic heterocycles. The maximum Gasteiger partial charge on any atom is 0.122 e. The Morgan fingerprint density at radius 1 is 1.60 bits per heavy atom. The molecule has 0 radical (unpaired) electrons. The normalized spacial score (nSPS) is 11.9. The maximum atomic E-state index is 9.02. The molecule has 1 rings (SSSR count). The van der Waals surface area contributed by atoms with Gasteiger partial charge in [0, 0.05) is 10.0 Å². The number of methoxy groups -OCH3 is 1. The summed E-state index contributed by atoms with van der Waals surface area (Å²) >= 11 is 3.42. The molecule has 3 nitrogen and oxygen atoms in total. The second-order valence-electron chi connectivity index (χ2n) is 3.01. The van der Waals surface area contributed by atoms with Crippen molar-refractivity contribution in [3.05, 3.63) is 28.2 Å². The van der Waals surface area contributed by atoms with Gasteiger partial charge in [0.1, 0.15) is 11.8 Å². The molecule has 0 saturated heterocycles. The minimum absolute atomic E-state index is 0.306. The lowest BCUT2D eigenvalue weighted by Gasteiger charge is -2.13. The fraction of sp³-hybridized carbons (Fsp3) is 0.364. The van der Waals surface area contributed by atoms with E-state index in [0.717, 1.165) is 22.3 Å². The fourth-order valence-corrected chi connectivity index (χ4v) is 1.77. The van der Waals surface area contributed by atoms with Gasteiger partial charge in [-0.3, -0.25) is 5.32 Å². The van der Waals surface area contributed by atoms with Crippen molar-refractivity contribution in [2.75, 3.05) is 13.7 Å². The van der Waals surface area contributed by atoms with Gasteiger partial charge in [-0.05, 0) is 24.7 Å². The third-order valence-corrected chi connectivity index (χ3v) is 2.77. The Labute approximate surface area is 98.2 Å². The van der Waals surface area contributed by atoms with Crippen LogP contribution in [0.15, 0.2) is 22.7 Å². The predicted octanol–water partition coefficient (Wildman–Crippen LogP) is 2.63. The zero-order chi connectivity index (χ0) is 11.3. The van der Waals surface area contributed by atoms with E-state index < -0.39 is 0 Å². The van der Waals surface area contributed by atoms with Gasteiger partial charge in [-0.25, -0.2) is 0 Å². The van der Waals surface area contributed by atoms with Gasteiger partial charge in [0.15, 0.2) is 0 Å². The number of nitrogens with one attached hydrogen (secondary N) is 1. The summed E-state index contributed by atoms with van der Waals surface area (Å²) in [7, 11) is 1.61. The van der Waals surface area contributed by atoms with E-state index in [-0.39, 0.29) is 6.04 Å². The van der Waals surface area contributed by atoms with Gasteiger partial charge in [0.25, 0.3) is 0 Å². The molecule has 1 aromatic carbocycles. The average molecular weight is 269 g/mol. The van der Waals surface area contributed by atoms with Crippen molar-refractivity contribution in [2.24, 2.45) is 0 Å². The minimum atomic E-state index is -0.306. The largest absolute Gasteiger partial charge is 0.497 e. The van der Waals surface area contributed by atoms with Crippen LogP contribution in [0.1, 0.15) is 18.5 Å². The zero-order valence-electron chi connectivity index (χ0n) is 8.75. The van der Waals surface area contributed by atoms with Crippen molar-refractivity contribution in [1.29, 1.82) is 5.26 Å². The number of nitriles is 1. The first kappa shape index (κ1) is 12.0. The van der Waals surface area contributed by atoms with Gasteiger partial charge >= 0.3 is 0 Å². The molecule has 1 unspecified atom stereocenters. The lowest BCUT2D eigenvalue weighted by Crippen LogP contribution is -2.19. The van der Waals surface area contributed by atoms with E-state index in [1.807, 2.05) is 25.1 Å². The van der Waals surface area contributed by atoms with E-state index in [2.05, 4.69) is 27.3 Å². The molecule has 80 valence electrons. The standard InChI is InChI=1S/C11H13BrN2O/c1-3-14-11(7-13)9-6-8(15-2)4-5-10(9)12/h4-6,11,14H,3H2,1-2H3. The average Bonchev–Trinajstić information content (AvgIpc) is 2.27. The van der Waals surface area contributed by atoms with Crippen molar-refractivity contribution < 1.29 is 4.74 Å². The Kier molecular flexibility index (Phi) is 4.60. The third kappa shape index (κ3) is 2.95. The molecule has 0 heterocycles. The molecule has 1 aromatic rings. The second-order valence-corrected chi connectivity index (χ2v) is 3.86. The summed E-state index contributed by atoms with van der Waals surface area (Å²) in [5.74, 6) is 0.756. The van der Waals surface area contributed by atoms with Crippen molar-refractivity contribution in [3.63, 3.8) is 0 Å². The molecule has 4 heteroatoms. The van der Waals surface area contributed by atoms with Gasteiger partial charge in [-0.2, -0.15) is 5.26 Å². The number of hydrogen-bond donors (Lipinski definition) is 1. The highest BCUT2D eigenvalue weighted by Crippen LogP contribution is 2.27. The number of hydrogen-bond acceptors (Lipinski definition) is 3. The Hall–Kier alpha value is -1.05. The van der Waals surface area contributed by atoms with Gasteiger partial charge < -0.3 is 4.74 Å². The molecule has 1 atom stereocenters. The van der Waals surface area contributed by atoms with Crippen molar-refractivity contribution in [1.82, 2.24) is 5.32 Å². The summed E-state index contributed by atoms with van der Waals surface area (Å²) in [6.07, 6.45) is 0. The van der Waals surface area contributed by atoms with E-state index in [0.29, 0.717) is 0 Å². The molecule has 0 fully saturated rings. The lowest BCUT2D eigenvalue weighted by atomic mass is 10.1. The first-order valence-electron chi connectivity index (χ1n) is 4.69. The number of nitrogens with zero attached hydrogens (tertiary/aromatic N) is 1. The maximum absolute atomic E-state index is 9.02. The quantitative estimate of drug-likeness (QED) is 0.913. The molecular formula is C11H13BrN2O. The van der Waals surface area contributed by atoms with Gasteiger partial charge in [0.2, 0.25) is 0 Å². The molecular weight excluding hydrogens is 256 g/mol. The molecule has 15 heavy (non-hydrogen) atoms. The van der Waals surface area contributed by atoms with Gasteiger partial charge in [-0.15, -0.1) is 0 Å². The molecule has 0 spiro atoms. The number of ether oxygens (including phenoxy) is 1. The highest BCUT2D eigenvalue weighted by molar-refractivity contribution is 9.10. The molecule has 0 saturated carbocycles. The Bertz CT molecular complexity index is 373. The van der Waals surface area contributed by atoms with Gasteiger partial charge in [0.05, 0.1) is 13.2 Å². The topological polar surface area (TPSA) is 45.0 Å². The Morgan fingerprint density at radius 3 is 2.87 bits per heavy atom. The SMILES string of the molecule is CCNC(C#N)c1cc(OC)ccc1Br. The van der Waals surface area contributed by atoms with Crippen LogP contribution in [0.25, 0.3) is 0 Å². The van der Waals surface area contributed by atoms with Crippen LogP contribution in [0.2, 0.25) is 0 Å². The molecule has 0 aromatic heterocycles. The molecule has 0 aliphatic rings. The highest BCUT2D eigenvalue weighted by atomic mass is 79.9. The summed E-state index contributed by atoms with van der Waals surface area (Å²) < 4.78 is 6.04. The fourth-order valence-electron chi connectivity index (χ4n) is 1.30. The summed E-state index contributed by atoms with van der Waals surface area (Å²) in [5, 5.41) is 12.1. The van der Waals surface area contributed by atoms with E-state index >= 15 is 0 Å². The smallest absolute Gasteiger partial charge is 0.122 e. The molecule has 0 aliphatic carbocycles. The number of benzene rings is 1. The van der Waals surface area contributed by atoms with E-state index in [1.54, 1.807) is 7.11 Å². The van der Waals surface area contributed by atoms with E-state index in [9.17, 15) is 0 Å². The van der Waals surface area contributed by atoms with Crippen LogP contribution in [-0.2, 0) is 0 Å².